The summed E-state index contributed by atoms with van der Waals surface area (Å²) in [5.41, 5.74) is 8.59. The highest BCUT2D eigenvalue weighted by atomic mass is 15.2. The average molecular weight is 317 g/mol. The molecule has 0 saturated carbocycles. The molecule has 5 heteroatoms. The number of benzene rings is 1. The molecule has 1 saturated heterocycles. The second-order valence-corrected chi connectivity index (χ2v) is 6.51. The Bertz CT molecular complexity index is 512. The maximum Gasteiger partial charge on any atom is 0.188 e. The van der Waals surface area contributed by atoms with Crippen molar-refractivity contribution < 1.29 is 0 Å². The van der Waals surface area contributed by atoms with Gasteiger partial charge in [0.25, 0.3) is 0 Å². The van der Waals surface area contributed by atoms with Gasteiger partial charge in [0, 0.05) is 19.1 Å². The van der Waals surface area contributed by atoms with Crippen LogP contribution in [0.1, 0.15) is 30.9 Å². The summed E-state index contributed by atoms with van der Waals surface area (Å²) in [6.45, 7) is 6.98. The lowest BCUT2D eigenvalue weighted by molar-refractivity contribution is 0.267. The van der Waals surface area contributed by atoms with E-state index in [0.717, 1.165) is 19.6 Å². The number of likely N-dealkylation sites (tertiary alicyclic amines) is 1. The van der Waals surface area contributed by atoms with Crippen molar-refractivity contribution in [1.29, 1.82) is 0 Å². The molecule has 0 spiro atoms. The zero-order valence-corrected chi connectivity index (χ0v) is 14.8. The van der Waals surface area contributed by atoms with Gasteiger partial charge in [-0.25, -0.2) is 4.99 Å². The van der Waals surface area contributed by atoms with E-state index in [9.17, 15) is 0 Å². The van der Waals surface area contributed by atoms with E-state index in [1.807, 2.05) is 0 Å². The van der Waals surface area contributed by atoms with Gasteiger partial charge in [-0.05, 0) is 51.2 Å². The number of likely N-dealkylation sites (N-methyl/N-ethyl adjacent to an activating group) is 1. The first kappa shape index (κ1) is 17.8. The third-order valence-corrected chi connectivity index (χ3v) is 4.45. The summed E-state index contributed by atoms with van der Waals surface area (Å²) in [5.74, 6) is 0.549. The molecule has 0 aliphatic carbocycles. The molecule has 0 bridgehead atoms. The quantitative estimate of drug-likeness (QED) is 0.593. The number of hydrogen-bond acceptors (Lipinski definition) is 3. The molecule has 23 heavy (non-hydrogen) atoms. The molecule has 1 aliphatic heterocycles. The van der Waals surface area contributed by atoms with Crippen LogP contribution in [0, 0.1) is 0 Å². The molecule has 1 aromatic rings. The summed E-state index contributed by atoms with van der Waals surface area (Å²) in [5, 5.41) is 3.30. The fourth-order valence-corrected chi connectivity index (χ4v) is 3.20. The average Bonchev–Trinajstić information content (AvgIpc) is 2.99. The first-order valence-corrected chi connectivity index (χ1v) is 8.59. The van der Waals surface area contributed by atoms with Crippen LogP contribution in [0.2, 0.25) is 0 Å². The SMILES string of the molecule is CCN1CCCC1CNC(N)=NCc1ccccc1CN(C)C. The van der Waals surface area contributed by atoms with Crippen LogP contribution in [0.3, 0.4) is 0 Å². The van der Waals surface area contributed by atoms with Gasteiger partial charge in [-0.1, -0.05) is 31.2 Å². The van der Waals surface area contributed by atoms with Crippen LogP contribution in [0.15, 0.2) is 29.3 Å². The molecule has 3 N–H and O–H groups in total. The summed E-state index contributed by atoms with van der Waals surface area (Å²) in [7, 11) is 4.16. The molecule has 0 radical (unpaired) electrons. The van der Waals surface area contributed by atoms with E-state index in [-0.39, 0.29) is 0 Å². The Morgan fingerprint density at radius 3 is 2.78 bits per heavy atom. The fourth-order valence-electron chi connectivity index (χ4n) is 3.20. The van der Waals surface area contributed by atoms with Crippen molar-refractivity contribution in [3.05, 3.63) is 35.4 Å². The van der Waals surface area contributed by atoms with Gasteiger partial charge in [0.15, 0.2) is 5.96 Å². The molecule has 0 aromatic heterocycles. The van der Waals surface area contributed by atoms with E-state index in [1.54, 1.807) is 0 Å². The Kier molecular flexibility index (Phi) is 6.86. The van der Waals surface area contributed by atoms with E-state index in [1.165, 1.54) is 30.5 Å². The number of nitrogens with zero attached hydrogens (tertiary/aromatic N) is 3. The fraction of sp³-hybridized carbons (Fsp3) is 0.611. The third-order valence-electron chi connectivity index (χ3n) is 4.45. The summed E-state index contributed by atoms with van der Waals surface area (Å²) < 4.78 is 0. The molecule has 1 atom stereocenters. The standard InChI is InChI=1S/C18H31N5/c1-4-23-11-7-10-17(23)13-21-18(19)20-12-15-8-5-6-9-16(15)14-22(2)3/h5-6,8-9,17H,4,7,10-14H2,1-3H3,(H3,19,20,21). The van der Waals surface area contributed by atoms with E-state index in [4.69, 9.17) is 5.73 Å². The molecule has 1 unspecified atom stereocenters. The maximum absolute atomic E-state index is 6.05. The molecular weight excluding hydrogens is 286 g/mol. The predicted octanol–water partition coefficient (Wildman–Crippen LogP) is 1.64. The summed E-state index contributed by atoms with van der Waals surface area (Å²) in [6, 6.07) is 9.02. The van der Waals surface area contributed by atoms with Crippen molar-refractivity contribution in [3.8, 4) is 0 Å². The Labute approximate surface area is 140 Å². The Balaban J connectivity index is 1.87. The van der Waals surface area contributed by atoms with Crippen LogP contribution in [0.5, 0.6) is 0 Å². The van der Waals surface area contributed by atoms with Crippen LogP contribution in [-0.4, -0.2) is 55.5 Å². The van der Waals surface area contributed by atoms with E-state index >= 15 is 0 Å². The molecule has 1 fully saturated rings. The van der Waals surface area contributed by atoms with Gasteiger partial charge in [0.05, 0.1) is 6.54 Å². The number of nitrogens with one attached hydrogen (secondary N) is 1. The monoisotopic (exact) mass is 317 g/mol. The molecule has 1 aliphatic rings. The molecule has 1 aromatic carbocycles. The third kappa shape index (κ3) is 5.52. The van der Waals surface area contributed by atoms with Gasteiger partial charge in [0.1, 0.15) is 0 Å². The van der Waals surface area contributed by atoms with Crippen molar-refractivity contribution in [2.24, 2.45) is 10.7 Å². The lowest BCUT2D eigenvalue weighted by Gasteiger charge is -2.23. The minimum absolute atomic E-state index is 0.549. The molecule has 2 rings (SSSR count). The van der Waals surface area contributed by atoms with Crippen molar-refractivity contribution in [2.45, 2.75) is 38.9 Å². The van der Waals surface area contributed by atoms with E-state index < -0.39 is 0 Å². The topological polar surface area (TPSA) is 56.9 Å². The number of aliphatic imine (C=N–C) groups is 1. The number of rotatable bonds is 7. The second-order valence-electron chi connectivity index (χ2n) is 6.51. The van der Waals surface area contributed by atoms with Crippen molar-refractivity contribution in [3.63, 3.8) is 0 Å². The Hall–Kier alpha value is -1.59. The number of nitrogens with two attached hydrogens (primary N) is 1. The molecule has 128 valence electrons. The smallest absolute Gasteiger partial charge is 0.188 e. The van der Waals surface area contributed by atoms with Gasteiger partial charge in [-0.3, -0.25) is 4.90 Å². The minimum Gasteiger partial charge on any atom is -0.370 e. The van der Waals surface area contributed by atoms with Crippen LogP contribution in [0.25, 0.3) is 0 Å². The van der Waals surface area contributed by atoms with Gasteiger partial charge in [-0.2, -0.15) is 0 Å². The highest BCUT2D eigenvalue weighted by Crippen LogP contribution is 2.15. The van der Waals surface area contributed by atoms with Crippen molar-refractivity contribution in [1.82, 2.24) is 15.1 Å². The summed E-state index contributed by atoms with van der Waals surface area (Å²) >= 11 is 0. The largest absolute Gasteiger partial charge is 0.370 e. The lowest BCUT2D eigenvalue weighted by atomic mass is 10.1. The van der Waals surface area contributed by atoms with Gasteiger partial charge in [0.2, 0.25) is 0 Å². The summed E-state index contributed by atoms with van der Waals surface area (Å²) in [4.78, 5) is 9.20. The van der Waals surface area contributed by atoms with Crippen LogP contribution in [-0.2, 0) is 13.1 Å². The molecule has 5 nitrogen and oxygen atoms in total. The number of guanidine groups is 1. The van der Waals surface area contributed by atoms with Crippen LogP contribution in [0.4, 0.5) is 0 Å². The zero-order chi connectivity index (χ0) is 16.7. The predicted molar refractivity (Wildman–Crippen MR) is 97.4 cm³/mol. The normalized spacial score (nSPS) is 19.5. The zero-order valence-electron chi connectivity index (χ0n) is 14.8. The number of hydrogen-bond donors (Lipinski definition) is 2. The highest BCUT2D eigenvalue weighted by molar-refractivity contribution is 5.77. The van der Waals surface area contributed by atoms with Gasteiger partial charge >= 0.3 is 0 Å². The molecular formula is C18H31N5. The van der Waals surface area contributed by atoms with Gasteiger partial charge < -0.3 is 16.0 Å². The first-order chi connectivity index (χ1) is 11.1. The Morgan fingerprint density at radius 2 is 2.09 bits per heavy atom. The van der Waals surface area contributed by atoms with E-state index in [0.29, 0.717) is 18.5 Å². The molecule has 0 amide bonds. The first-order valence-electron chi connectivity index (χ1n) is 8.59. The second kappa shape index (κ2) is 8.89. The molecule has 1 heterocycles. The highest BCUT2D eigenvalue weighted by Gasteiger charge is 2.22. The van der Waals surface area contributed by atoms with Crippen LogP contribution >= 0.6 is 0 Å². The van der Waals surface area contributed by atoms with Gasteiger partial charge in [-0.15, -0.1) is 0 Å². The lowest BCUT2D eigenvalue weighted by Crippen LogP contribution is -2.42. The maximum atomic E-state index is 6.05. The van der Waals surface area contributed by atoms with E-state index in [2.05, 4.69) is 65.4 Å². The van der Waals surface area contributed by atoms with Crippen LogP contribution < -0.4 is 11.1 Å². The van der Waals surface area contributed by atoms with Crippen molar-refractivity contribution in [2.75, 3.05) is 33.7 Å². The summed E-state index contributed by atoms with van der Waals surface area (Å²) in [6.07, 6.45) is 2.54. The van der Waals surface area contributed by atoms with Crippen molar-refractivity contribution >= 4 is 5.96 Å². The Morgan fingerprint density at radius 1 is 1.35 bits per heavy atom. The minimum atomic E-state index is 0.549.